The summed E-state index contributed by atoms with van der Waals surface area (Å²) in [6.07, 6.45) is 3.88. The third-order valence-corrected chi connectivity index (χ3v) is 8.10. The Morgan fingerprint density at radius 1 is 1.24 bits per heavy atom. The Morgan fingerprint density at radius 2 is 2.03 bits per heavy atom. The van der Waals surface area contributed by atoms with Gasteiger partial charge in [-0.25, -0.2) is 8.42 Å². The van der Waals surface area contributed by atoms with Gasteiger partial charge in [-0.1, -0.05) is 11.8 Å². The number of hydrogen-bond acceptors (Lipinski definition) is 8. The smallest absolute Gasteiger partial charge is 0.233 e. The second kappa shape index (κ2) is 9.92. The molecule has 9 nitrogen and oxygen atoms in total. The molecule has 11 heteroatoms. The van der Waals surface area contributed by atoms with E-state index in [0.29, 0.717) is 24.0 Å². The predicted molar refractivity (Wildman–Crippen MR) is 126 cm³/mol. The summed E-state index contributed by atoms with van der Waals surface area (Å²) in [5.74, 6) is 1.49. The Balaban J connectivity index is 1.58. The Hall–Kier alpha value is -2.92. The second-order valence-corrected chi connectivity index (χ2v) is 10.8. The lowest BCUT2D eigenvalue weighted by atomic mass is 10.2. The number of benzene rings is 1. The number of rotatable bonds is 8. The molecule has 1 amide bonds. The largest absolute Gasteiger partial charge is 0.494 e. The first-order chi connectivity index (χ1) is 15.9. The van der Waals surface area contributed by atoms with Crippen molar-refractivity contribution in [2.45, 2.75) is 24.5 Å². The van der Waals surface area contributed by atoms with Crippen LogP contribution in [0.3, 0.4) is 0 Å². The zero-order valence-corrected chi connectivity index (χ0v) is 20.1. The van der Waals surface area contributed by atoms with Crippen LogP contribution in [0.1, 0.15) is 13.3 Å². The molecule has 1 atom stereocenters. The molecule has 1 fully saturated rings. The summed E-state index contributed by atoms with van der Waals surface area (Å²) in [5, 5.41) is 9.24. The van der Waals surface area contributed by atoms with Crippen LogP contribution in [-0.2, 0) is 14.6 Å². The maximum absolute atomic E-state index is 12.8. The topological polar surface area (TPSA) is 107 Å². The quantitative estimate of drug-likeness (QED) is 0.446. The average Bonchev–Trinajstić information content (AvgIpc) is 3.41. The van der Waals surface area contributed by atoms with Crippen molar-refractivity contribution in [1.82, 2.24) is 24.6 Å². The molecule has 174 valence electrons. The fraction of sp³-hybridized carbons (Fsp3) is 0.364. The molecule has 2 aromatic heterocycles. The van der Waals surface area contributed by atoms with Crippen molar-refractivity contribution < 1.29 is 17.9 Å². The SMILES string of the molecule is CCOc1ccc(-n2c(SCC(=O)N(C)[C@@H]3CCS(=O)(=O)C3)nnc2-c2cccnc2)cc1. The highest BCUT2D eigenvalue weighted by Gasteiger charge is 2.32. The standard InChI is InChI=1S/C22H25N5O4S2/c1-3-31-19-8-6-17(7-9-19)27-21(16-5-4-11-23-13-16)24-25-22(27)32-14-20(28)26(2)18-10-12-33(29,30)15-18/h4-9,11,13,18H,3,10,12,14-15H2,1-2H3/t18-/m1/s1. The van der Waals surface area contributed by atoms with E-state index >= 15 is 0 Å². The monoisotopic (exact) mass is 487 g/mol. The molecule has 0 N–H and O–H groups in total. The highest BCUT2D eigenvalue weighted by atomic mass is 32.2. The molecule has 0 spiro atoms. The van der Waals surface area contributed by atoms with E-state index in [-0.39, 0.29) is 29.2 Å². The lowest BCUT2D eigenvalue weighted by Crippen LogP contribution is -2.38. The highest BCUT2D eigenvalue weighted by molar-refractivity contribution is 7.99. The minimum absolute atomic E-state index is 0.0213. The summed E-state index contributed by atoms with van der Waals surface area (Å²) < 4.78 is 31.0. The number of ether oxygens (including phenoxy) is 1. The van der Waals surface area contributed by atoms with E-state index in [1.54, 1.807) is 19.4 Å². The van der Waals surface area contributed by atoms with Gasteiger partial charge < -0.3 is 9.64 Å². The van der Waals surface area contributed by atoms with Gasteiger partial charge in [-0.05, 0) is 49.7 Å². The van der Waals surface area contributed by atoms with E-state index in [0.717, 1.165) is 17.0 Å². The number of aromatic nitrogens is 4. The molecule has 0 bridgehead atoms. The Labute approximate surface area is 197 Å². The summed E-state index contributed by atoms with van der Waals surface area (Å²) in [4.78, 5) is 18.5. The lowest BCUT2D eigenvalue weighted by molar-refractivity contribution is -0.128. The number of hydrogen-bond donors (Lipinski definition) is 0. The highest BCUT2D eigenvalue weighted by Crippen LogP contribution is 2.29. The van der Waals surface area contributed by atoms with Crippen molar-refractivity contribution in [2.75, 3.05) is 30.9 Å². The van der Waals surface area contributed by atoms with Crippen LogP contribution in [0.15, 0.2) is 53.9 Å². The normalized spacial score (nSPS) is 17.1. The minimum atomic E-state index is -3.06. The molecule has 1 saturated heterocycles. The van der Waals surface area contributed by atoms with Crippen molar-refractivity contribution in [3.63, 3.8) is 0 Å². The fourth-order valence-electron chi connectivity index (χ4n) is 3.65. The zero-order valence-electron chi connectivity index (χ0n) is 18.4. The first-order valence-corrected chi connectivity index (χ1v) is 13.4. The molecule has 0 saturated carbocycles. The number of nitrogens with zero attached hydrogens (tertiary/aromatic N) is 5. The number of thioether (sulfide) groups is 1. The molecule has 33 heavy (non-hydrogen) atoms. The van der Waals surface area contributed by atoms with Crippen LogP contribution < -0.4 is 4.74 Å². The Kier molecular flexibility index (Phi) is 6.99. The lowest BCUT2D eigenvalue weighted by Gasteiger charge is -2.23. The van der Waals surface area contributed by atoms with Crippen LogP contribution in [0.5, 0.6) is 5.75 Å². The number of carbonyl (C=O) groups excluding carboxylic acids is 1. The maximum atomic E-state index is 12.8. The van der Waals surface area contributed by atoms with Crippen LogP contribution >= 0.6 is 11.8 Å². The molecule has 1 aliphatic rings. The summed E-state index contributed by atoms with van der Waals surface area (Å²) in [5.41, 5.74) is 1.62. The molecule has 0 unspecified atom stereocenters. The predicted octanol–water partition coefficient (Wildman–Crippen LogP) is 2.47. The molecule has 3 aromatic rings. The van der Waals surface area contributed by atoms with E-state index in [9.17, 15) is 13.2 Å². The Bertz CT molecular complexity index is 1210. The van der Waals surface area contributed by atoms with Crippen molar-refractivity contribution in [2.24, 2.45) is 0 Å². The van der Waals surface area contributed by atoms with Crippen LogP contribution in [0, 0.1) is 0 Å². The third-order valence-electron chi connectivity index (χ3n) is 5.43. The van der Waals surface area contributed by atoms with E-state index in [1.807, 2.05) is 47.9 Å². The minimum Gasteiger partial charge on any atom is -0.494 e. The van der Waals surface area contributed by atoms with Gasteiger partial charge in [-0.2, -0.15) is 0 Å². The third kappa shape index (κ3) is 5.36. The van der Waals surface area contributed by atoms with E-state index in [4.69, 9.17) is 4.74 Å². The molecule has 1 aliphatic heterocycles. The number of sulfone groups is 1. The van der Waals surface area contributed by atoms with Gasteiger partial charge in [0.25, 0.3) is 0 Å². The van der Waals surface area contributed by atoms with Crippen LogP contribution in [0.4, 0.5) is 0 Å². The van der Waals surface area contributed by atoms with Gasteiger partial charge in [0.1, 0.15) is 5.75 Å². The molecule has 3 heterocycles. The zero-order chi connectivity index (χ0) is 23.4. The number of carbonyl (C=O) groups is 1. The molecular weight excluding hydrogens is 462 g/mol. The van der Waals surface area contributed by atoms with Gasteiger partial charge >= 0.3 is 0 Å². The number of pyridine rings is 1. The van der Waals surface area contributed by atoms with Gasteiger partial charge in [0, 0.05) is 36.7 Å². The molecule has 0 aliphatic carbocycles. The van der Waals surface area contributed by atoms with Crippen molar-refractivity contribution >= 4 is 27.5 Å². The fourth-order valence-corrected chi connectivity index (χ4v) is 6.30. The Morgan fingerprint density at radius 3 is 2.67 bits per heavy atom. The van der Waals surface area contributed by atoms with E-state index < -0.39 is 9.84 Å². The summed E-state index contributed by atoms with van der Waals surface area (Å²) in [6, 6.07) is 11.0. The molecule has 0 radical (unpaired) electrons. The molecule has 1 aromatic carbocycles. The van der Waals surface area contributed by atoms with Crippen molar-refractivity contribution in [1.29, 1.82) is 0 Å². The summed E-state index contributed by atoms with van der Waals surface area (Å²) >= 11 is 1.26. The first-order valence-electron chi connectivity index (χ1n) is 10.6. The van der Waals surface area contributed by atoms with Gasteiger partial charge in [-0.3, -0.25) is 14.3 Å². The summed E-state index contributed by atoms with van der Waals surface area (Å²) in [6.45, 7) is 2.50. The van der Waals surface area contributed by atoms with Crippen LogP contribution in [0.2, 0.25) is 0 Å². The molecular formula is C22H25N5O4S2. The number of amides is 1. The van der Waals surface area contributed by atoms with Crippen LogP contribution in [-0.4, -0.2) is 75.9 Å². The van der Waals surface area contributed by atoms with Gasteiger partial charge in [0.2, 0.25) is 5.91 Å². The molecule has 4 rings (SSSR count). The van der Waals surface area contributed by atoms with E-state index in [1.165, 1.54) is 16.7 Å². The average molecular weight is 488 g/mol. The van der Waals surface area contributed by atoms with Gasteiger partial charge in [0.05, 0.1) is 23.9 Å². The summed E-state index contributed by atoms with van der Waals surface area (Å²) in [7, 11) is -1.40. The first kappa shape index (κ1) is 23.2. The van der Waals surface area contributed by atoms with E-state index in [2.05, 4.69) is 15.2 Å². The van der Waals surface area contributed by atoms with Gasteiger partial charge in [-0.15, -0.1) is 10.2 Å². The second-order valence-electron chi connectivity index (χ2n) is 7.66. The maximum Gasteiger partial charge on any atom is 0.233 e. The van der Waals surface area contributed by atoms with Crippen molar-refractivity contribution in [3.05, 3.63) is 48.8 Å². The van der Waals surface area contributed by atoms with Crippen molar-refractivity contribution in [3.8, 4) is 22.8 Å². The van der Waals surface area contributed by atoms with Gasteiger partial charge in [0.15, 0.2) is 20.8 Å². The van der Waals surface area contributed by atoms with Crippen LogP contribution in [0.25, 0.3) is 17.1 Å².